The van der Waals surface area contributed by atoms with E-state index < -0.39 is 11.6 Å². The number of imidazole rings is 1. The first kappa shape index (κ1) is 26.7. The molecule has 1 aromatic carbocycles. The van der Waals surface area contributed by atoms with Gasteiger partial charge in [-0.05, 0) is 49.6 Å². The molecule has 2 aliphatic rings. The zero-order valence-corrected chi connectivity index (χ0v) is 23.8. The maximum Gasteiger partial charge on any atom is 0.229 e. The van der Waals surface area contributed by atoms with Crippen LogP contribution in [0.1, 0.15) is 46.0 Å². The van der Waals surface area contributed by atoms with Gasteiger partial charge in [0.2, 0.25) is 5.95 Å². The third-order valence-electron chi connectivity index (χ3n) is 9.00. The first-order valence-electron chi connectivity index (χ1n) is 14.0. The molecule has 1 N–H and O–H groups in total. The van der Waals surface area contributed by atoms with Gasteiger partial charge in [0.25, 0.3) is 0 Å². The van der Waals surface area contributed by atoms with E-state index in [1.807, 2.05) is 18.3 Å². The van der Waals surface area contributed by atoms with Crippen molar-refractivity contribution in [3.63, 3.8) is 0 Å². The molecule has 0 radical (unpaired) electrons. The SMILES string of the molecule is CCN1CCN(Cc2ccc(Nc3ncc(F)c(-c4cc(F)c5nc6n(c5c4)C(C)(C)C(C)(C)C6)n3)nc2)CC1. The van der Waals surface area contributed by atoms with Crippen LogP contribution in [-0.4, -0.2) is 67.0 Å². The van der Waals surface area contributed by atoms with E-state index in [9.17, 15) is 0 Å². The fraction of sp³-hybridized carbons (Fsp3) is 0.467. The van der Waals surface area contributed by atoms with E-state index in [1.165, 1.54) is 6.07 Å². The molecule has 0 bridgehead atoms. The van der Waals surface area contributed by atoms with Gasteiger partial charge in [0.1, 0.15) is 22.9 Å². The zero-order valence-electron chi connectivity index (χ0n) is 23.8. The highest BCUT2D eigenvalue weighted by Crippen LogP contribution is 2.48. The number of nitrogens with zero attached hydrogens (tertiary/aromatic N) is 7. The third kappa shape index (κ3) is 4.62. The smallest absolute Gasteiger partial charge is 0.229 e. The summed E-state index contributed by atoms with van der Waals surface area (Å²) in [6.45, 7) is 17.0. The Labute approximate surface area is 233 Å². The highest BCUT2D eigenvalue weighted by Gasteiger charge is 2.47. The number of nitrogens with one attached hydrogen (secondary N) is 1. The third-order valence-corrected chi connectivity index (χ3v) is 9.00. The number of piperazine rings is 1. The molecule has 0 unspecified atom stereocenters. The first-order valence-corrected chi connectivity index (χ1v) is 14.0. The number of aromatic nitrogens is 5. The largest absolute Gasteiger partial charge is 0.322 e. The van der Waals surface area contributed by atoms with E-state index >= 15 is 8.78 Å². The molecule has 4 aromatic rings. The Morgan fingerprint density at radius 1 is 0.900 bits per heavy atom. The summed E-state index contributed by atoms with van der Waals surface area (Å²) >= 11 is 0. The summed E-state index contributed by atoms with van der Waals surface area (Å²) in [5.41, 5.74) is 2.07. The second-order valence-corrected chi connectivity index (χ2v) is 12.1. The maximum atomic E-state index is 15.3. The van der Waals surface area contributed by atoms with Gasteiger partial charge in [0.05, 0.1) is 11.7 Å². The van der Waals surface area contributed by atoms with E-state index in [0.717, 1.165) is 63.3 Å². The Bertz CT molecular complexity index is 1550. The summed E-state index contributed by atoms with van der Waals surface area (Å²) in [6, 6.07) is 6.97. The molecule has 2 aliphatic heterocycles. The van der Waals surface area contributed by atoms with Crippen LogP contribution in [0.5, 0.6) is 0 Å². The van der Waals surface area contributed by atoms with E-state index in [0.29, 0.717) is 22.4 Å². The summed E-state index contributed by atoms with van der Waals surface area (Å²) in [5.74, 6) is 0.453. The molecule has 1 fully saturated rings. The van der Waals surface area contributed by atoms with Crippen LogP contribution < -0.4 is 5.32 Å². The molecular formula is C30H36F2N8. The van der Waals surface area contributed by atoms with Gasteiger partial charge in [0.15, 0.2) is 11.6 Å². The van der Waals surface area contributed by atoms with Gasteiger partial charge in [-0.1, -0.05) is 26.8 Å². The summed E-state index contributed by atoms with van der Waals surface area (Å²) in [6.07, 6.45) is 3.68. The summed E-state index contributed by atoms with van der Waals surface area (Å²) in [7, 11) is 0. The van der Waals surface area contributed by atoms with Gasteiger partial charge >= 0.3 is 0 Å². The van der Waals surface area contributed by atoms with Crippen LogP contribution in [0.2, 0.25) is 0 Å². The van der Waals surface area contributed by atoms with Crippen LogP contribution in [0.4, 0.5) is 20.5 Å². The van der Waals surface area contributed by atoms with Crippen LogP contribution in [-0.2, 0) is 18.5 Å². The minimum atomic E-state index is -0.628. The maximum absolute atomic E-state index is 15.3. The van der Waals surface area contributed by atoms with Crippen molar-refractivity contribution in [1.29, 1.82) is 0 Å². The Hall–Kier alpha value is -3.50. The lowest BCUT2D eigenvalue weighted by Crippen LogP contribution is -2.45. The Balaban J connectivity index is 1.24. The molecule has 1 saturated heterocycles. The number of likely N-dealkylation sites (N-methyl/N-ethyl adjacent to an activating group) is 1. The van der Waals surface area contributed by atoms with Crippen molar-refractivity contribution in [3.8, 4) is 11.3 Å². The number of hydrogen-bond donors (Lipinski definition) is 1. The number of anilines is 2. The van der Waals surface area contributed by atoms with Crippen LogP contribution in [0.15, 0.2) is 36.7 Å². The van der Waals surface area contributed by atoms with Crippen LogP contribution in [0, 0.1) is 17.0 Å². The lowest BCUT2D eigenvalue weighted by atomic mass is 9.75. The van der Waals surface area contributed by atoms with E-state index in [1.54, 1.807) is 6.07 Å². The molecule has 6 rings (SSSR count). The molecule has 0 spiro atoms. The molecule has 5 heterocycles. The number of fused-ring (bicyclic) bond motifs is 3. The fourth-order valence-corrected chi connectivity index (χ4v) is 5.84. The summed E-state index contributed by atoms with van der Waals surface area (Å²) < 4.78 is 32.4. The lowest BCUT2D eigenvalue weighted by Gasteiger charge is -2.36. The van der Waals surface area contributed by atoms with Crippen molar-refractivity contribution in [3.05, 3.63) is 59.7 Å². The molecule has 0 atom stereocenters. The van der Waals surface area contributed by atoms with Crippen molar-refractivity contribution in [1.82, 2.24) is 34.3 Å². The highest BCUT2D eigenvalue weighted by molar-refractivity contribution is 5.83. The molecule has 40 heavy (non-hydrogen) atoms. The number of rotatable bonds is 6. The molecule has 0 aliphatic carbocycles. The van der Waals surface area contributed by atoms with E-state index in [-0.39, 0.29) is 22.6 Å². The number of hydrogen-bond acceptors (Lipinski definition) is 7. The van der Waals surface area contributed by atoms with Crippen LogP contribution in [0.25, 0.3) is 22.3 Å². The number of pyridine rings is 1. The Kier molecular flexibility index (Phi) is 6.58. The first-order chi connectivity index (χ1) is 19.1. The van der Waals surface area contributed by atoms with Crippen molar-refractivity contribution in [2.75, 3.05) is 38.0 Å². The highest BCUT2D eigenvalue weighted by atomic mass is 19.1. The van der Waals surface area contributed by atoms with Gasteiger partial charge < -0.3 is 14.8 Å². The topological polar surface area (TPSA) is 75.0 Å². The predicted molar refractivity (Wildman–Crippen MR) is 152 cm³/mol. The number of halogens is 2. The van der Waals surface area contributed by atoms with Crippen molar-refractivity contribution in [2.24, 2.45) is 5.41 Å². The van der Waals surface area contributed by atoms with Crippen molar-refractivity contribution in [2.45, 2.75) is 53.1 Å². The average molecular weight is 547 g/mol. The normalized spacial score (nSPS) is 18.8. The molecule has 3 aromatic heterocycles. The van der Waals surface area contributed by atoms with Gasteiger partial charge in [-0.3, -0.25) is 4.90 Å². The van der Waals surface area contributed by atoms with E-state index in [4.69, 9.17) is 0 Å². The van der Waals surface area contributed by atoms with Gasteiger partial charge in [-0.25, -0.2) is 28.7 Å². The summed E-state index contributed by atoms with van der Waals surface area (Å²) in [5, 5.41) is 3.07. The summed E-state index contributed by atoms with van der Waals surface area (Å²) in [4.78, 5) is 22.5. The molecule has 0 amide bonds. The second-order valence-electron chi connectivity index (χ2n) is 12.1. The number of benzene rings is 1. The van der Waals surface area contributed by atoms with Crippen LogP contribution >= 0.6 is 0 Å². The van der Waals surface area contributed by atoms with Crippen LogP contribution in [0.3, 0.4) is 0 Å². The molecular weight excluding hydrogens is 510 g/mol. The van der Waals surface area contributed by atoms with E-state index in [2.05, 4.69) is 74.2 Å². The molecule has 10 heteroatoms. The molecule has 210 valence electrons. The average Bonchev–Trinajstić information content (AvgIpc) is 3.37. The zero-order chi connectivity index (χ0) is 28.2. The lowest BCUT2D eigenvalue weighted by molar-refractivity contribution is 0.132. The standard InChI is InChI=1S/C30H36F2N8/c1-6-38-9-11-39(12-10-38)18-19-7-8-24(33-16-19)35-28-34-17-22(32)26(37-28)20-13-21(31)27-23(14-20)40-25(36-27)15-29(2,3)30(40,4)5/h7-8,13-14,16-17H,6,9-12,15,18H2,1-5H3,(H,33,34,35,37). The van der Waals surface area contributed by atoms with Crippen molar-refractivity contribution >= 4 is 22.8 Å². The van der Waals surface area contributed by atoms with Gasteiger partial charge in [-0.15, -0.1) is 0 Å². The monoisotopic (exact) mass is 546 g/mol. The molecule has 0 saturated carbocycles. The minimum absolute atomic E-state index is 0.0201. The quantitative estimate of drug-likeness (QED) is 0.349. The Morgan fingerprint density at radius 2 is 1.65 bits per heavy atom. The van der Waals surface area contributed by atoms with Gasteiger partial charge in [-0.2, -0.15) is 0 Å². The van der Waals surface area contributed by atoms with Gasteiger partial charge in [0, 0.05) is 56.4 Å². The van der Waals surface area contributed by atoms with Crippen molar-refractivity contribution < 1.29 is 8.78 Å². The fourth-order valence-electron chi connectivity index (χ4n) is 5.84. The Morgan fingerprint density at radius 3 is 2.35 bits per heavy atom. The second kappa shape index (κ2) is 9.85. The molecule has 8 nitrogen and oxygen atoms in total. The predicted octanol–water partition coefficient (Wildman–Crippen LogP) is 5.37. The minimum Gasteiger partial charge on any atom is -0.322 e.